The van der Waals surface area contributed by atoms with E-state index < -0.39 is 12.8 Å². The van der Waals surface area contributed by atoms with Crippen LogP contribution in [0.5, 0.6) is 11.5 Å². The average Bonchev–Trinajstić information content (AvgIpc) is 2.67. The SMILES string of the molecule is CC(C)(c1ccc(OCCCCl)cc1)c1ccc(OC[C@H](F)CO)cc1. The first-order chi connectivity index (χ1) is 12.5. The Morgan fingerprint density at radius 2 is 1.46 bits per heavy atom. The Morgan fingerprint density at radius 3 is 1.92 bits per heavy atom. The average molecular weight is 381 g/mol. The zero-order valence-electron chi connectivity index (χ0n) is 15.3. The van der Waals surface area contributed by atoms with Crippen molar-refractivity contribution in [2.24, 2.45) is 0 Å². The lowest BCUT2D eigenvalue weighted by atomic mass is 9.78. The van der Waals surface area contributed by atoms with Gasteiger partial charge in [0.05, 0.1) is 13.2 Å². The van der Waals surface area contributed by atoms with Crippen LogP contribution >= 0.6 is 11.6 Å². The normalized spacial score (nSPS) is 12.7. The minimum atomic E-state index is -1.36. The van der Waals surface area contributed by atoms with Crippen LogP contribution in [0.1, 0.15) is 31.4 Å². The lowest BCUT2D eigenvalue weighted by Gasteiger charge is -2.26. The number of alkyl halides is 2. The lowest BCUT2D eigenvalue weighted by Crippen LogP contribution is -2.19. The van der Waals surface area contributed by atoms with Gasteiger partial charge in [0.15, 0.2) is 6.17 Å². The molecule has 2 aromatic carbocycles. The first kappa shape index (κ1) is 20.5. The molecule has 0 aromatic heterocycles. The van der Waals surface area contributed by atoms with Crippen LogP contribution in [0.3, 0.4) is 0 Å². The lowest BCUT2D eigenvalue weighted by molar-refractivity contribution is 0.123. The van der Waals surface area contributed by atoms with E-state index in [-0.39, 0.29) is 12.0 Å². The number of ether oxygens (including phenoxy) is 2. The Morgan fingerprint density at radius 1 is 0.962 bits per heavy atom. The Bertz CT molecular complexity index is 656. The summed E-state index contributed by atoms with van der Waals surface area (Å²) in [7, 11) is 0. The molecule has 0 unspecified atom stereocenters. The molecule has 0 amide bonds. The van der Waals surface area contributed by atoms with Crippen molar-refractivity contribution in [2.45, 2.75) is 31.9 Å². The van der Waals surface area contributed by atoms with Crippen LogP contribution in [0.4, 0.5) is 4.39 Å². The van der Waals surface area contributed by atoms with Gasteiger partial charge < -0.3 is 14.6 Å². The van der Waals surface area contributed by atoms with E-state index in [1.54, 1.807) is 0 Å². The number of aliphatic hydroxyl groups is 1. The van der Waals surface area contributed by atoms with Crippen molar-refractivity contribution in [3.05, 3.63) is 59.7 Å². The van der Waals surface area contributed by atoms with E-state index in [1.807, 2.05) is 36.4 Å². The quantitative estimate of drug-likeness (QED) is 0.478. The van der Waals surface area contributed by atoms with E-state index in [4.69, 9.17) is 26.2 Å². The molecule has 2 rings (SSSR count). The molecule has 0 spiro atoms. The monoisotopic (exact) mass is 380 g/mol. The third-order valence-corrected chi connectivity index (χ3v) is 4.59. The predicted molar refractivity (Wildman–Crippen MR) is 103 cm³/mol. The highest BCUT2D eigenvalue weighted by Crippen LogP contribution is 2.33. The van der Waals surface area contributed by atoms with Crippen LogP contribution in [-0.4, -0.2) is 37.0 Å². The Balaban J connectivity index is 2.04. The largest absolute Gasteiger partial charge is 0.494 e. The van der Waals surface area contributed by atoms with Crippen LogP contribution in [0.25, 0.3) is 0 Å². The van der Waals surface area contributed by atoms with Gasteiger partial charge in [-0.2, -0.15) is 0 Å². The van der Waals surface area contributed by atoms with Crippen molar-refractivity contribution in [3.63, 3.8) is 0 Å². The van der Waals surface area contributed by atoms with Gasteiger partial charge in [0, 0.05) is 11.3 Å². The van der Waals surface area contributed by atoms with E-state index in [9.17, 15) is 4.39 Å². The van der Waals surface area contributed by atoms with E-state index in [0.29, 0.717) is 18.2 Å². The van der Waals surface area contributed by atoms with Crippen LogP contribution < -0.4 is 9.47 Å². The molecule has 0 bridgehead atoms. The summed E-state index contributed by atoms with van der Waals surface area (Å²) in [5.74, 6) is 2.02. The third-order valence-electron chi connectivity index (χ3n) is 4.33. The van der Waals surface area contributed by atoms with Gasteiger partial charge in [0.25, 0.3) is 0 Å². The van der Waals surface area contributed by atoms with E-state index in [2.05, 4.69) is 26.0 Å². The second-order valence-electron chi connectivity index (χ2n) is 6.66. The predicted octanol–water partition coefficient (Wildman–Crippen LogP) is 4.73. The number of aliphatic hydroxyl groups excluding tert-OH is 1. The van der Waals surface area contributed by atoms with Crippen molar-refractivity contribution in [2.75, 3.05) is 25.7 Å². The van der Waals surface area contributed by atoms with Gasteiger partial charge >= 0.3 is 0 Å². The highest BCUT2D eigenvalue weighted by atomic mass is 35.5. The van der Waals surface area contributed by atoms with Crippen molar-refractivity contribution >= 4 is 11.6 Å². The van der Waals surface area contributed by atoms with Gasteiger partial charge in [-0.3, -0.25) is 0 Å². The molecule has 0 heterocycles. The standard InChI is InChI=1S/C21H26ClFO3/c1-21(2,16-4-8-19(9-5-16)25-13-3-12-22)17-6-10-20(11-7-17)26-15-18(23)14-24/h4-11,18,24H,3,12-15H2,1-2H3/t18-/m1/s1. The molecule has 5 heteroatoms. The molecule has 0 saturated carbocycles. The zero-order chi connectivity index (χ0) is 19.0. The fraction of sp³-hybridized carbons (Fsp3) is 0.429. The molecule has 3 nitrogen and oxygen atoms in total. The molecule has 2 aromatic rings. The maximum atomic E-state index is 13.0. The van der Waals surface area contributed by atoms with Gasteiger partial charge in [-0.25, -0.2) is 4.39 Å². The molecule has 0 aliphatic rings. The van der Waals surface area contributed by atoms with Crippen LogP contribution in [0.2, 0.25) is 0 Å². The summed E-state index contributed by atoms with van der Waals surface area (Å²) in [6.45, 7) is 4.23. The van der Waals surface area contributed by atoms with Crippen molar-refractivity contribution in [1.29, 1.82) is 0 Å². The van der Waals surface area contributed by atoms with Crippen LogP contribution in [0, 0.1) is 0 Å². The molecular weight excluding hydrogens is 355 g/mol. The second-order valence-corrected chi connectivity index (χ2v) is 7.03. The molecule has 0 radical (unpaired) electrons. The van der Waals surface area contributed by atoms with Crippen molar-refractivity contribution in [1.82, 2.24) is 0 Å². The molecule has 0 saturated heterocycles. The van der Waals surface area contributed by atoms with Crippen molar-refractivity contribution in [3.8, 4) is 11.5 Å². The number of benzene rings is 2. The molecule has 0 fully saturated rings. The van der Waals surface area contributed by atoms with Gasteiger partial charge in [-0.15, -0.1) is 11.6 Å². The minimum Gasteiger partial charge on any atom is -0.494 e. The number of hydrogen-bond donors (Lipinski definition) is 1. The summed E-state index contributed by atoms with van der Waals surface area (Å²) >= 11 is 5.66. The number of halogens is 2. The molecule has 0 aliphatic carbocycles. The highest BCUT2D eigenvalue weighted by molar-refractivity contribution is 6.17. The molecule has 1 N–H and O–H groups in total. The van der Waals surface area contributed by atoms with Gasteiger partial charge in [-0.1, -0.05) is 38.1 Å². The molecule has 0 aliphatic heterocycles. The van der Waals surface area contributed by atoms with Crippen LogP contribution in [0.15, 0.2) is 48.5 Å². The fourth-order valence-electron chi connectivity index (χ4n) is 2.59. The maximum Gasteiger partial charge on any atom is 0.157 e. The summed E-state index contributed by atoms with van der Waals surface area (Å²) < 4.78 is 24.0. The van der Waals surface area contributed by atoms with Gasteiger partial charge in [0.2, 0.25) is 0 Å². The Hall–Kier alpha value is -1.78. The second kappa shape index (κ2) is 9.79. The first-order valence-electron chi connectivity index (χ1n) is 8.75. The summed E-state index contributed by atoms with van der Waals surface area (Å²) in [4.78, 5) is 0. The summed E-state index contributed by atoms with van der Waals surface area (Å²) in [5, 5.41) is 8.70. The molecule has 26 heavy (non-hydrogen) atoms. The summed E-state index contributed by atoms with van der Waals surface area (Å²) in [6, 6.07) is 15.7. The van der Waals surface area contributed by atoms with E-state index in [0.717, 1.165) is 17.7 Å². The van der Waals surface area contributed by atoms with Crippen LogP contribution in [-0.2, 0) is 5.41 Å². The van der Waals surface area contributed by atoms with Crippen molar-refractivity contribution < 1.29 is 19.0 Å². The van der Waals surface area contributed by atoms with E-state index >= 15 is 0 Å². The first-order valence-corrected chi connectivity index (χ1v) is 9.28. The summed E-state index contributed by atoms with van der Waals surface area (Å²) in [6.07, 6.45) is -0.540. The van der Waals surface area contributed by atoms with Gasteiger partial charge in [0.1, 0.15) is 18.1 Å². The topological polar surface area (TPSA) is 38.7 Å². The summed E-state index contributed by atoms with van der Waals surface area (Å²) in [5.41, 5.74) is 2.10. The number of rotatable bonds is 10. The van der Waals surface area contributed by atoms with E-state index in [1.165, 1.54) is 5.56 Å². The Kier molecular flexibility index (Phi) is 7.73. The fourth-order valence-corrected chi connectivity index (χ4v) is 2.70. The highest BCUT2D eigenvalue weighted by Gasteiger charge is 2.23. The minimum absolute atomic E-state index is 0.148. The third kappa shape index (κ3) is 5.61. The molecule has 1 atom stereocenters. The zero-order valence-corrected chi connectivity index (χ0v) is 16.0. The Labute approximate surface area is 159 Å². The smallest absolute Gasteiger partial charge is 0.157 e. The maximum absolute atomic E-state index is 13.0. The molecular formula is C21H26ClFO3. The number of hydrogen-bond acceptors (Lipinski definition) is 3. The molecule has 142 valence electrons. The van der Waals surface area contributed by atoms with Gasteiger partial charge in [-0.05, 0) is 41.8 Å².